The van der Waals surface area contributed by atoms with Crippen molar-refractivity contribution in [2.45, 2.75) is 11.4 Å². The van der Waals surface area contributed by atoms with E-state index < -0.39 is 11.0 Å². The Balaban J connectivity index is 2.54. The molecular formula is C13H12ClNO2. The maximum absolute atomic E-state index is 11.2. The molecule has 0 aromatic heterocycles. The van der Waals surface area contributed by atoms with Gasteiger partial charge in [-0.1, -0.05) is 35.9 Å². The first-order chi connectivity index (χ1) is 8.07. The van der Waals surface area contributed by atoms with Gasteiger partial charge in [0.1, 0.15) is 5.00 Å². The molecule has 4 heteroatoms. The van der Waals surface area contributed by atoms with Crippen molar-refractivity contribution in [1.29, 1.82) is 0 Å². The van der Waals surface area contributed by atoms with Gasteiger partial charge in [0.2, 0.25) is 0 Å². The lowest BCUT2D eigenvalue weighted by Crippen LogP contribution is -2.39. The third kappa shape index (κ3) is 2.06. The van der Waals surface area contributed by atoms with Crippen LogP contribution in [0.5, 0.6) is 0 Å². The molecule has 0 aliphatic carbocycles. The smallest absolute Gasteiger partial charge is 0.335 e. The first-order valence-corrected chi connectivity index (χ1v) is 5.57. The topological polar surface area (TPSA) is 49.3 Å². The Labute approximate surface area is 104 Å². The van der Waals surface area contributed by atoms with Crippen LogP contribution in [-0.2, 0) is 4.79 Å². The summed E-state index contributed by atoms with van der Waals surface area (Å²) < 4.78 is 0. The zero-order valence-electron chi connectivity index (χ0n) is 9.11. The van der Waals surface area contributed by atoms with Gasteiger partial charge in [0, 0.05) is 12.1 Å². The maximum Gasteiger partial charge on any atom is 0.335 e. The number of hydrogen-bond acceptors (Lipinski definition) is 2. The number of carboxylic acid groups (broad SMARTS) is 1. The SMILES string of the molecule is C=CCC1(Cl)Nc2ccccc2C=C1C(=O)O. The lowest BCUT2D eigenvalue weighted by atomic mass is 9.95. The molecule has 88 valence electrons. The second kappa shape index (κ2) is 4.26. The van der Waals surface area contributed by atoms with Gasteiger partial charge in [-0.15, -0.1) is 6.58 Å². The van der Waals surface area contributed by atoms with Crippen LogP contribution in [0.1, 0.15) is 12.0 Å². The van der Waals surface area contributed by atoms with Crippen molar-refractivity contribution >= 4 is 29.3 Å². The van der Waals surface area contributed by atoms with E-state index in [1.165, 1.54) is 0 Å². The van der Waals surface area contributed by atoms with Gasteiger partial charge in [0.05, 0.1) is 5.57 Å². The molecular weight excluding hydrogens is 238 g/mol. The molecule has 0 saturated heterocycles. The van der Waals surface area contributed by atoms with Gasteiger partial charge in [-0.05, 0) is 17.7 Å². The van der Waals surface area contributed by atoms with E-state index in [1.807, 2.05) is 24.3 Å². The molecule has 0 radical (unpaired) electrons. The lowest BCUT2D eigenvalue weighted by molar-refractivity contribution is -0.132. The highest BCUT2D eigenvalue weighted by Gasteiger charge is 2.38. The second-order valence-corrected chi connectivity index (χ2v) is 4.51. The van der Waals surface area contributed by atoms with Crippen LogP contribution in [-0.4, -0.2) is 16.1 Å². The van der Waals surface area contributed by atoms with E-state index in [1.54, 1.807) is 12.2 Å². The minimum Gasteiger partial charge on any atom is -0.478 e. The van der Waals surface area contributed by atoms with E-state index in [-0.39, 0.29) is 5.57 Å². The Bertz CT molecular complexity index is 510. The monoisotopic (exact) mass is 249 g/mol. The molecule has 0 spiro atoms. The molecule has 1 aliphatic rings. The van der Waals surface area contributed by atoms with Gasteiger partial charge in [-0.25, -0.2) is 4.79 Å². The number of alkyl halides is 1. The van der Waals surface area contributed by atoms with Gasteiger partial charge in [0.15, 0.2) is 0 Å². The number of hydrogen-bond donors (Lipinski definition) is 2. The van der Waals surface area contributed by atoms with Crippen LogP contribution in [0.3, 0.4) is 0 Å². The zero-order valence-corrected chi connectivity index (χ0v) is 9.87. The Morgan fingerprint density at radius 1 is 1.53 bits per heavy atom. The quantitative estimate of drug-likeness (QED) is 0.492. The first kappa shape index (κ1) is 11.7. The van der Waals surface area contributed by atoms with Gasteiger partial charge in [-0.3, -0.25) is 0 Å². The summed E-state index contributed by atoms with van der Waals surface area (Å²) in [6.45, 7) is 3.61. The van der Waals surface area contributed by atoms with Crippen LogP contribution in [0.25, 0.3) is 6.08 Å². The first-order valence-electron chi connectivity index (χ1n) is 5.19. The highest BCUT2D eigenvalue weighted by molar-refractivity contribution is 6.31. The predicted octanol–water partition coefficient (Wildman–Crippen LogP) is 3.09. The molecule has 1 aliphatic heterocycles. The number of anilines is 1. The summed E-state index contributed by atoms with van der Waals surface area (Å²) >= 11 is 6.33. The molecule has 1 atom stereocenters. The van der Waals surface area contributed by atoms with Gasteiger partial charge in [-0.2, -0.15) is 0 Å². The van der Waals surface area contributed by atoms with Gasteiger partial charge in [0.25, 0.3) is 0 Å². The highest BCUT2D eigenvalue weighted by atomic mass is 35.5. The minimum atomic E-state index is -1.12. The molecule has 1 unspecified atom stereocenters. The van der Waals surface area contributed by atoms with E-state index in [4.69, 9.17) is 11.6 Å². The van der Waals surface area contributed by atoms with Crippen molar-refractivity contribution in [1.82, 2.24) is 0 Å². The highest BCUT2D eigenvalue weighted by Crippen LogP contribution is 2.38. The van der Waals surface area contributed by atoms with E-state index in [2.05, 4.69) is 11.9 Å². The van der Waals surface area contributed by atoms with E-state index in [0.717, 1.165) is 11.3 Å². The maximum atomic E-state index is 11.2. The Kier molecular flexibility index (Phi) is 2.94. The van der Waals surface area contributed by atoms with Crippen molar-refractivity contribution in [2.24, 2.45) is 0 Å². The van der Waals surface area contributed by atoms with Crippen molar-refractivity contribution in [3.8, 4) is 0 Å². The van der Waals surface area contributed by atoms with Crippen LogP contribution >= 0.6 is 11.6 Å². The third-order valence-corrected chi connectivity index (χ3v) is 3.13. The summed E-state index contributed by atoms with van der Waals surface area (Å²) in [5.74, 6) is -1.02. The number of para-hydroxylation sites is 1. The molecule has 1 aromatic carbocycles. The minimum absolute atomic E-state index is 0.137. The Morgan fingerprint density at radius 2 is 2.24 bits per heavy atom. The molecule has 2 rings (SSSR count). The summed E-state index contributed by atoms with van der Waals surface area (Å²) in [5, 5.41) is 12.2. The molecule has 1 heterocycles. The number of halogens is 1. The van der Waals surface area contributed by atoms with Crippen LogP contribution in [0.15, 0.2) is 42.5 Å². The standard InChI is InChI=1S/C13H12ClNO2/c1-2-7-13(14)10(12(16)17)8-9-5-3-4-6-11(9)15-13/h2-6,8,15H,1,7H2,(H,16,17). The van der Waals surface area contributed by atoms with Crippen LogP contribution < -0.4 is 5.32 Å². The summed E-state index contributed by atoms with van der Waals surface area (Å²) in [7, 11) is 0. The normalized spacial score (nSPS) is 22.1. The van der Waals surface area contributed by atoms with Crippen molar-refractivity contribution in [3.05, 3.63) is 48.1 Å². The number of rotatable bonds is 3. The Hall–Kier alpha value is -1.74. The van der Waals surface area contributed by atoms with Crippen LogP contribution in [0, 0.1) is 0 Å². The number of carbonyl (C=O) groups is 1. The fourth-order valence-electron chi connectivity index (χ4n) is 1.88. The summed E-state index contributed by atoms with van der Waals surface area (Å²) in [4.78, 5) is 10.1. The van der Waals surface area contributed by atoms with Gasteiger partial charge < -0.3 is 10.4 Å². The average molecular weight is 250 g/mol. The molecule has 0 bridgehead atoms. The fraction of sp³-hybridized carbons (Fsp3) is 0.154. The van der Waals surface area contributed by atoms with Crippen molar-refractivity contribution < 1.29 is 9.90 Å². The molecule has 0 saturated carbocycles. The molecule has 0 amide bonds. The molecule has 3 nitrogen and oxygen atoms in total. The summed E-state index contributed by atoms with van der Waals surface area (Å²) in [6, 6.07) is 7.43. The van der Waals surface area contributed by atoms with E-state index in [9.17, 15) is 9.90 Å². The predicted molar refractivity (Wildman–Crippen MR) is 69.1 cm³/mol. The third-order valence-electron chi connectivity index (χ3n) is 2.68. The number of benzene rings is 1. The fourth-order valence-corrected chi connectivity index (χ4v) is 2.22. The number of fused-ring (bicyclic) bond motifs is 1. The number of aliphatic carboxylic acids is 1. The average Bonchev–Trinajstić information content (AvgIpc) is 2.27. The summed E-state index contributed by atoms with van der Waals surface area (Å²) in [6.07, 6.45) is 3.54. The van der Waals surface area contributed by atoms with E-state index in [0.29, 0.717) is 6.42 Å². The zero-order chi connectivity index (χ0) is 12.5. The number of nitrogens with one attached hydrogen (secondary N) is 1. The largest absolute Gasteiger partial charge is 0.478 e. The molecule has 1 aromatic rings. The summed E-state index contributed by atoms with van der Waals surface area (Å²) in [5.41, 5.74) is 1.79. The molecule has 0 fully saturated rings. The van der Waals surface area contributed by atoms with E-state index >= 15 is 0 Å². The van der Waals surface area contributed by atoms with Crippen LogP contribution in [0.4, 0.5) is 5.69 Å². The lowest BCUT2D eigenvalue weighted by Gasteiger charge is -2.33. The second-order valence-electron chi connectivity index (χ2n) is 3.87. The van der Waals surface area contributed by atoms with Crippen molar-refractivity contribution in [2.75, 3.05) is 5.32 Å². The molecule has 17 heavy (non-hydrogen) atoms. The molecule has 2 N–H and O–H groups in total. The van der Waals surface area contributed by atoms with Crippen molar-refractivity contribution in [3.63, 3.8) is 0 Å². The van der Waals surface area contributed by atoms with Gasteiger partial charge >= 0.3 is 5.97 Å². The number of carboxylic acids is 1. The van der Waals surface area contributed by atoms with Crippen LogP contribution in [0.2, 0.25) is 0 Å². The Morgan fingerprint density at radius 3 is 2.88 bits per heavy atom.